The average Bonchev–Trinajstić information content (AvgIpc) is 2.40. The van der Waals surface area contributed by atoms with Crippen LogP contribution in [0, 0.1) is 6.92 Å². The van der Waals surface area contributed by atoms with Crippen LogP contribution in [0.15, 0.2) is 18.2 Å². The van der Waals surface area contributed by atoms with Gasteiger partial charge < -0.3 is 16.4 Å². The van der Waals surface area contributed by atoms with Crippen molar-refractivity contribution in [3.63, 3.8) is 0 Å². The minimum atomic E-state index is -0.169. The number of hydrogen-bond donors (Lipinski definition) is 3. The van der Waals surface area contributed by atoms with Crippen LogP contribution in [-0.4, -0.2) is 24.9 Å². The summed E-state index contributed by atoms with van der Waals surface area (Å²) in [5.41, 5.74) is 7.79. The molecule has 2 amide bonds. The van der Waals surface area contributed by atoms with E-state index in [9.17, 15) is 9.59 Å². The van der Waals surface area contributed by atoms with E-state index in [1.165, 1.54) is 0 Å². The molecule has 0 aliphatic rings. The van der Waals surface area contributed by atoms with E-state index in [2.05, 4.69) is 10.6 Å². The number of carbonyl (C=O) groups is 2. The fourth-order valence-corrected chi connectivity index (χ4v) is 1.84. The minimum absolute atomic E-state index is 0.0530. The van der Waals surface area contributed by atoms with E-state index in [0.29, 0.717) is 17.7 Å². The molecule has 0 saturated heterocycles. The Kier molecular flexibility index (Phi) is 6.18. The van der Waals surface area contributed by atoms with Gasteiger partial charge in [-0.3, -0.25) is 9.59 Å². The summed E-state index contributed by atoms with van der Waals surface area (Å²) in [6.07, 6.45) is 2.02. The Morgan fingerprint density at radius 3 is 2.65 bits per heavy atom. The quantitative estimate of drug-likeness (QED) is 0.741. The molecular weight excluding hydrogens is 254 g/mol. The first-order valence-corrected chi connectivity index (χ1v) is 6.82. The molecule has 1 unspecified atom stereocenters. The molecule has 5 nitrogen and oxygen atoms in total. The first kappa shape index (κ1) is 16.2. The lowest BCUT2D eigenvalue weighted by atomic mass is 10.1. The lowest BCUT2D eigenvalue weighted by Gasteiger charge is -2.10. The second-order valence-electron chi connectivity index (χ2n) is 5.03. The van der Waals surface area contributed by atoms with Crippen LogP contribution in [0.5, 0.6) is 0 Å². The molecule has 0 fully saturated rings. The summed E-state index contributed by atoms with van der Waals surface area (Å²) < 4.78 is 0. The molecule has 110 valence electrons. The van der Waals surface area contributed by atoms with E-state index in [-0.39, 0.29) is 17.9 Å². The molecule has 1 aromatic carbocycles. The van der Waals surface area contributed by atoms with Gasteiger partial charge in [0, 0.05) is 30.8 Å². The summed E-state index contributed by atoms with van der Waals surface area (Å²) >= 11 is 0. The van der Waals surface area contributed by atoms with Crippen LogP contribution in [0.3, 0.4) is 0 Å². The molecular formula is C15H23N3O2. The minimum Gasteiger partial charge on any atom is -0.355 e. The van der Waals surface area contributed by atoms with Crippen molar-refractivity contribution in [2.24, 2.45) is 5.73 Å². The Labute approximate surface area is 119 Å². The van der Waals surface area contributed by atoms with Crippen LogP contribution in [0.25, 0.3) is 0 Å². The number of anilines is 1. The third-order valence-corrected chi connectivity index (χ3v) is 3.06. The molecule has 0 aliphatic heterocycles. The molecule has 0 aromatic heterocycles. The van der Waals surface area contributed by atoms with E-state index in [4.69, 9.17) is 5.73 Å². The van der Waals surface area contributed by atoms with Crippen LogP contribution in [0.2, 0.25) is 0 Å². The predicted molar refractivity (Wildman–Crippen MR) is 80.7 cm³/mol. The maximum Gasteiger partial charge on any atom is 0.251 e. The lowest BCUT2D eigenvalue weighted by Crippen LogP contribution is -2.19. The van der Waals surface area contributed by atoms with Gasteiger partial charge in [-0.05, 0) is 44.4 Å². The highest BCUT2D eigenvalue weighted by atomic mass is 16.2. The Balaban J connectivity index is 2.66. The summed E-state index contributed by atoms with van der Waals surface area (Å²) in [6.45, 7) is 3.82. The van der Waals surface area contributed by atoms with Gasteiger partial charge in [-0.25, -0.2) is 0 Å². The van der Waals surface area contributed by atoms with Crippen molar-refractivity contribution in [3.05, 3.63) is 29.3 Å². The zero-order valence-corrected chi connectivity index (χ0v) is 12.3. The van der Waals surface area contributed by atoms with E-state index in [1.807, 2.05) is 19.9 Å². The van der Waals surface area contributed by atoms with Crippen molar-refractivity contribution in [1.29, 1.82) is 0 Å². The van der Waals surface area contributed by atoms with Gasteiger partial charge in [-0.15, -0.1) is 0 Å². The number of carbonyl (C=O) groups excluding carboxylic acids is 2. The van der Waals surface area contributed by atoms with E-state index >= 15 is 0 Å². The molecule has 20 heavy (non-hydrogen) atoms. The molecule has 0 bridgehead atoms. The molecule has 5 heteroatoms. The third kappa shape index (κ3) is 5.01. The van der Waals surface area contributed by atoms with Gasteiger partial charge in [0.2, 0.25) is 5.91 Å². The van der Waals surface area contributed by atoms with Crippen molar-refractivity contribution in [2.45, 2.75) is 39.2 Å². The molecule has 1 aromatic rings. The average molecular weight is 277 g/mol. The molecule has 1 atom stereocenters. The second-order valence-corrected chi connectivity index (χ2v) is 5.03. The second kappa shape index (κ2) is 7.65. The molecule has 0 spiro atoms. The maximum absolute atomic E-state index is 11.8. The van der Waals surface area contributed by atoms with Gasteiger partial charge in [0.1, 0.15) is 0 Å². The topological polar surface area (TPSA) is 84.2 Å². The number of benzene rings is 1. The Morgan fingerprint density at radius 1 is 1.35 bits per heavy atom. The summed E-state index contributed by atoms with van der Waals surface area (Å²) in [7, 11) is 1.58. The van der Waals surface area contributed by atoms with Crippen LogP contribution in [-0.2, 0) is 4.79 Å². The summed E-state index contributed by atoms with van der Waals surface area (Å²) in [5.74, 6) is -0.222. The molecule has 0 saturated carbocycles. The molecule has 0 heterocycles. The van der Waals surface area contributed by atoms with Crippen LogP contribution in [0.1, 0.15) is 42.1 Å². The first-order valence-electron chi connectivity index (χ1n) is 6.82. The van der Waals surface area contributed by atoms with Gasteiger partial charge in [0.05, 0.1) is 0 Å². The van der Waals surface area contributed by atoms with E-state index in [0.717, 1.165) is 18.4 Å². The standard InChI is InChI=1S/C15H23N3O2/c1-10-7-8-12(15(20)17-3)9-13(10)18-14(19)6-4-5-11(2)16/h7-9,11H,4-6,16H2,1-3H3,(H,17,20)(H,18,19). The monoisotopic (exact) mass is 277 g/mol. The third-order valence-electron chi connectivity index (χ3n) is 3.06. The first-order chi connectivity index (χ1) is 9.43. The molecule has 4 N–H and O–H groups in total. The number of nitrogens with one attached hydrogen (secondary N) is 2. The zero-order valence-electron chi connectivity index (χ0n) is 12.3. The van der Waals surface area contributed by atoms with Gasteiger partial charge in [-0.2, -0.15) is 0 Å². The highest BCUT2D eigenvalue weighted by Crippen LogP contribution is 2.17. The zero-order chi connectivity index (χ0) is 15.1. The lowest BCUT2D eigenvalue weighted by molar-refractivity contribution is -0.116. The molecule has 0 radical (unpaired) electrons. The Bertz CT molecular complexity index is 484. The summed E-state index contributed by atoms with van der Waals surface area (Å²) in [4.78, 5) is 23.4. The maximum atomic E-state index is 11.8. The Morgan fingerprint density at radius 2 is 2.05 bits per heavy atom. The van der Waals surface area contributed by atoms with Gasteiger partial charge >= 0.3 is 0 Å². The van der Waals surface area contributed by atoms with Crippen LogP contribution >= 0.6 is 0 Å². The van der Waals surface area contributed by atoms with E-state index < -0.39 is 0 Å². The van der Waals surface area contributed by atoms with Gasteiger partial charge in [0.25, 0.3) is 5.91 Å². The predicted octanol–water partition coefficient (Wildman–Crippen LogP) is 1.81. The van der Waals surface area contributed by atoms with Crippen molar-refractivity contribution in [1.82, 2.24) is 5.32 Å². The molecule has 0 aliphatic carbocycles. The van der Waals surface area contributed by atoms with E-state index in [1.54, 1.807) is 19.2 Å². The van der Waals surface area contributed by atoms with Crippen molar-refractivity contribution < 1.29 is 9.59 Å². The van der Waals surface area contributed by atoms with Crippen molar-refractivity contribution in [3.8, 4) is 0 Å². The van der Waals surface area contributed by atoms with Crippen molar-refractivity contribution >= 4 is 17.5 Å². The number of rotatable bonds is 6. The number of hydrogen-bond acceptors (Lipinski definition) is 3. The number of amides is 2. The molecule has 1 rings (SSSR count). The highest BCUT2D eigenvalue weighted by Gasteiger charge is 2.09. The normalized spacial score (nSPS) is 11.8. The fourth-order valence-electron chi connectivity index (χ4n) is 1.84. The Hall–Kier alpha value is -1.88. The number of aryl methyl sites for hydroxylation is 1. The summed E-state index contributed by atoms with van der Waals surface area (Å²) in [6, 6.07) is 5.36. The fraction of sp³-hybridized carbons (Fsp3) is 0.467. The van der Waals surface area contributed by atoms with Crippen LogP contribution in [0.4, 0.5) is 5.69 Å². The SMILES string of the molecule is CNC(=O)c1ccc(C)c(NC(=O)CCCC(C)N)c1. The highest BCUT2D eigenvalue weighted by molar-refractivity contribution is 5.97. The smallest absolute Gasteiger partial charge is 0.251 e. The number of nitrogens with two attached hydrogens (primary N) is 1. The van der Waals surface area contributed by atoms with Gasteiger partial charge in [-0.1, -0.05) is 6.07 Å². The summed E-state index contributed by atoms with van der Waals surface area (Å²) in [5, 5.41) is 5.41. The largest absolute Gasteiger partial charge is 0.355 e. The van der Waals surface area contributed by atoms with Crippen molar-refractivity contribution in [2.75, 3.05) is 12.4 Å². The van der Waals surface area contributed by atoms with Crippen LogP contribution < -0.4 is 16.4 Å². The van der Waals surface area contributed by atoms with Gasteiger partial charge in [0.15, 0.2) is 0 Å².